The Balaban J connectivity index is 1.49. The quantitative estimate of drug-likeness (QED) is 0.656. The predicted octanol–water partition coefficient (Wildman–Crippen LogP) is 2.44. The molecule has 2 N–H and O–H groups in total. The number of carbonyl (C=O) groups excluding carboxylic acids is 2. The van der Waals surface area contributed by atoms with E-state index in [-0.39, 0.29) is 18.3 Å². The fourth-order valence-corrected chi connectivity index (χ4v) is 2.94. The molecule has 2 aromatic rings. The summed E-state index contributed by atoms with van der Waals surface area (Å²) in [5, 5.41) is 0. The minimum absolute atomic E-state index is 0.172. The Bertz CT molecular complexity index is 835. The lowest BCUT2D eigenvalue weighted by Crippen LogP contribution is -2.47. The molecule has 0 saturated carbocycles. The highest BCUT2D eigenvalue weighted by atomic mass is 19.1. The Morgan fingerprint density at radius 2 is 1.96 bits per heavy atom. The number of carbonyl (C=O) groups is 2. The Labute approximate surface area is 151 Å². The first-order valence-corrected chi connectivity index (χ1v) is 8.47. The number of para-hydroxylation sites is 1. The predicted molar refractivity (Wildman–Crippen MR) is 98.7 cm³/mol. The number of aryl methyl sites for hydroxylation is 1. The van der Waals surface area contributed by atoms with E-state index in [1.54, 1.807) is 12.1 Å². The lowest BCUT2D eigenvalue weighted by molar-refractivity contribution is -0.125. The van der Waals surface area contributed by atoms with Crippen LogP contribution in [0.5, 0.6) is 0 Å². The van der Waals surface area contributed by atoms with Crippen LogP contribution in [-0.2, 0) is 16.0 Å². The first-order valence-electron chi connectivity index (χ1n) is 8.47. The van der Waals surface area contributed by atoms with Crippen molar-refractivity contribution in [3.8, 4) is 0 Å². The van der Waals surface area contributed by atoms with Gasteiger partial charge >= 0.3 is 0 Å². The number of nitrogens with one attached hydrogen (secondary N) is 2. The minimum Gasteiger partial charge on any atom is -0.362 e. The van der Waals surface area contributed by atoms with Crippen LogP contribution >= 0.6 is 0 Å². The van der Waals surface area contributed by atoms with E-state index in [1.807, 2.05) is 23.1 Å². The summed E-state index contributed by atoms with van der Waals surface area (Å²) < 4.78 is 13.1. The average molecular weight is 353 g/mol. The van der Waals surface area contributed by atoms with Crippen molar-refractivity contribution in [2.45, 2.75) is 12.8 Å². The second kappa shape index (κ2) is 8.29. The van der Waals surface area contributed by atoms with E-state index in [4.69, 9.17) is 0 Å². The molecule has 3 rings (SSSR count). The highest BCUT2D eigenvalue weighted by molar-refractivity contribution is 5.93. The van der Waals surface area contributed by atoms with Crippen LogP contribution in [-0.4, -0.2) is 24.9 Å². The molecule has 2 amide bonds. The van der Waals surface area contributed by atoms with Gasteiger partial charge in [-0.05, 0) is 48.2 Å². The third-order valence-electron chi connectivity index (χ3n) is 4.14. The highest BCUT2D eigenvalue weighted by Gasteiger charge is 2.18. The van der Waals surface area contributed by atoms with Gasteiger partial charge in [-0.15, -0.1) is 0 Å². The molecule has 0 unspecified atom stereocenters. The van der Waals surface area contributed by atoms with Crippen molar-refractivity contribution in [2.24, 2.45) is 0 Å². The Morgan fingerprint density at radius 1 is 1.12 bits per heavy atom. The van der Waals surface area contributed by atoms with Crippen LogP contribution in [0.3, 0.4) is 0 Å². The number of rotatable bonds is 4. The molecular weight excluding hydrogens is 333 g/mol. The molecule has 1 aliphatic rings. The number of halogens is 1. The van der Waals surface area contributed by atoms with Gasteiger partial charge in [0.2, 0.25) is 0 Å². The molecule has 0 bridgehead atoms. The van der Waals surface area contributed by atoms with Gasteiger partial charge in [-0.3, -0.25) is 20.4 Å². The number of hydrogen-bond acceptors (Lipinski definition) is 3. The van der Waals surface area contributed by atoms with E-state index >= 15 is 0 Å². The molecule has 26 heavy (non-hydrogen) atoms. The minimum atomic E-state index is -0.485. The maximum atomic E-state index is 13.1. The SMILES string of the molecule is O=C(/C=C/c1cccc(F)c1)NNC(=O)CN1CCCc2ccccc21. The smallest absolute Gasteiger partial charge is 0.262 e. The number of hydrazine groups is 1. The molecular formula is C20H20FN3O2. The molecule has 0 saturated heterocycles. The Morgan fingerprint density at radius 3 is 2.81 bits per heavy atom. The van der Waals surface area contributed by atoms with Crippen molar-refractivity contribution < 1.29 is 14.0 Å². The average Bonchev–Trinajstić information content (AvgIpc) is 2.65. The zero-order valence-electron chi connectivity index (χ0n) is 14.2. The molecule has 0 atom stereocenters. The van der Waals surface area contributed by atoms with Crippen LogP contribution in [0.15, 0.2) is 54.6 Å². The first kappa shape index (κ1) is 17.7. The van der Waals surface area contributed by atoms with Crippen molar-refractivity contribution >= 4 is 23.6 Å². The van der Waals surface area contributed by atoms with Gasteiger partial charge in [0.05, 0.1) is 6.54 Å². The molecule has 0 radical (unpaired) electrons. The van der Waals surface area contributed by atoms with Crippen molar-refractivity contribution in [3.63, 3.8) is 0 Å². The van der Waals surface area contributed by atoms with Crippen molar-refractivity contribution in [2.75, 3.05) is 18.0 Å². The third-order valence-corrected chi connectivity index (χ3v) is 4.14. The normalized spacial score (nSPS) is 13.3. The molecule has 0 fully saturated rings. The van der Waals surface area contributed by atoms with E-state index in [0.717, 1.165) is 25.1 Å². The van der Waals surface area contributed by atoms with Gasteiger partial charge in [0.1, 0.15) is 5.82 Å². The molecule has 1 aliphatic heterocycles. The fourth-order valence-electron chi connectivity index (χ4n) is 2.94. The lowest BCUT2D eigenvalue weighted by atomic mass is 10.0. The second-order valence-corrected chi connectivity index (χ2v) is 6.08. The topological polar surface area (TPSA) is 61.4 Å². The molecule has 134 valence electrons. The second-order valence-electron chi connectivity index (χ2n) is 6.08. The molecule has 6 heteroatoms. The Hall–Kier alpha value is -3.15. The van der Waals surface area contributed by atoms with Crippen molar-refractivity contribution in [1.82, 2.24) is 10.9 Å². The zero-order chi connectivity index (χ0) is 18.4. The van der Waals surface area contributed by atoms with Gasteiger partial charge in [0.25, 0.3) is 11.8 Å². The highest BCUT2D eigenvalue weighted by Crippen LogP contribution is 2.26. The Kier molecular flexibility index (Phi) is 5.63. The van der Waals surface area contributed by atoms with Gasteiger partial charge in [0.15, 0.2) is 0 Å². The summed E-state index contributed by atoms with van der Waals surface area (Å²) in [5.41, 5.74) is 7.60. The van der Waals surface area contributed by atoms with Crippen molar-refractivity contribution in [3.05, 3.63) is 71.6 Å². The van der Waals surface area contributed by atoms with Crippen LogP contribution in [0.1, 0.15) is 17.5 Å². The van der Waals surface area contributed by atoms with Gasteiger partial charge < -0.3 is 4.90 Å². The summed E-state index contributed by atoms with van der Waals surface area (Å²) >= 11 is 0. The van der Waals surface area contributed by atoms with Gasteiger partial charge in [0, 0.05) is 18.3 Å². The first-order chi connectivity index (χ1) is 12.6. The van der Waals surface area contributed by atoms with E-state index in [2.05, 4.69) is 16.9 Å². The third kappa shape index (κ3) is 4.69. The molecule has 1 heterocycles. The van der Waals surface area contributed by atoms with E-state index < -0.39 is 5.91 Å². The maximum Gasteiger partial charge on any atom is 0.262 e. The van der Waals surface area contributed by atoms with Gasteiger partial charge in [-0.1, -0.05) is 30.3 Å². The van der Waals surface area contributed by atoms with Crippen LogP contribution in [0, 0.1) is 5.82 Å². The van der Waals surface area contributed by atoms with E-state index in [0.29, 0.717) is 5.56 Å². The van der Waals surface area contributed by atoms with Crippen LogP contribution in [0.4, 0.5) is 10.1 Å². The summed E-state index contributed by atoms with van der Waals surface area (Å²) in [5.74, 6) is -1.15. The molecule has 2 aromatic carbocycles. The number of benzene rings is 2. The summed E-state index contributed by atoms with van der Waals surface area (Å²) in [4.78, 5) is 25.9. The maximum absolute atomic E-state index is 13.1. The monoisotopic (exact) mass is 353 g/mol. The standard InChI is InChI=1S/C20H20FN3O2/c21-17-8-3-5-15(13-17)10-11-19(25)22-23-20(26)14-24-12-4-7-16-6-1-2-9-18(16)24/h1-3,5-6,8-11,13H,4,7,12,14H2,(H,22,25)(H,23,26)/b11-10+. The van der Waals surface area contributed by atoms with E-state index in [1.165, 1.54) is 29.8 Å². The van der Waals surface area contributed by atoms with Crippen LogP contribution < -0.4 is 15.8 Å². The van der Waals surface area contributed by atoms with Gasteiger partial charge in [-0.2, -0.15) is 0 Å². The van der Waals surface area contributed by atoms with Crippen LogP contribution in [0.2, 0.25) is 0 Å². The summed E-state index contributed by atoms with van der Waals surface area (Å²) in [6, 6.07) is 13.9. The summed E-state index contributed by atoms with van der Waals surface area (Å²) in [6.45, 7) is 0.975. The van der Waals surface area contributed by atoms with Crippen LogP contribution in [0.25, 0.3) is 6.08 Å². The molecule has 5 nitrogen and oxygen atoms in total. The molecule has 0 aromatic heterocycles. The number of nitrogens with zero attached hydrogens (tertiary/aromatic N) is 1. The van der Waals surface area contributed by atoms with Crippen molar-refractivity contribution in [1.29, 1.82) is 0 Å². The number of anilines is 1. The number of amides is 2. The lowest BCUT2D eigenvalue weighted by Gasteiger charge is -2.30. The fraction of sp³-hybridized carbons (Fsp3) is 0.200. The van der Waals surface area contributed by atoms with E-state index in [9.17, 15) is 14.0 Å². The number of fused-ring (bicyclic) bond motifs is 1. The summed E-state index contributed by atoms with van der Waals surface area (Å²) in [7, 11) is 0. The van der Waals surface area contributed by atoms with Gasteiger partial charge in [-0.25, -0.2) is 4.39 Å². The largest absolute Gasteiger partial charge is 0.362 e. The number of hydrogen-bond donors (Lipinski definition) is 2. The summed E-state index contributed by atoms with van der Waals surface area (Å²) in [6.07, 6.45) is 4.72. The molecule has 0 spiro atoms. The molecule has 0 aliphatic carbocycles. The zero-order valence-corrected chi connectivity index (χ0v) is 14.2.